The fourth-order valence-electron chi connectivity index (χ4n) is 6.85. The van der Waals surface area contributed by atoms with Crippen molar-refractivity contribution in [1.29, 1.82) is 0 Å². The minimum atomic E-state index is -0.787. The fraction of sp³-hybridized carbons (Fsp3) is 0.621. The molecule has 8 heteroatoms. The molecule has 7 atom stereocenters. The number of hydrogen-bond donors (Lipinski definition) is 1. The molecule has 3 heterocycles. The number of amides is 2. The van der Waals surface area contributed by atoms with Crippen molar-refractivity contribution in [2.24, 2.45) is 17.8 Å². The Morgan fingerprint density at radius 3 is 2.57 bits per heavy atom. The van der Waals surface area contributed by atoms with Gasteiger partial charge in [0.2, 0.25) is 5.91 Å². The van der Waals surface area contributed by atoms with Crippen LogP contribution in [-0.2, 0) is 19.1 Å². The third-order valence-electron chi connectivity index (χ3n) is 8.66. The summed E-state index contributed by atoms with van der Waals surface area (Å²) >= 11 is 1.62. The highest BCUT2D eigenvalue weighted by Gasteiger charge is 2.75. The second kappa shape index (κ2) is 10.8. The fourth-order valence-corrected chi connectivity index (χ4v) is 9.04. The average Bonchev–Trinajstić information content (AvgIpc) is 3.51. The van der Waals surface area contributed by atoms with Crippen LogP contribution < -0.4 is 4.90 Å². The lowest BCUT2D eigenvalue weighted by Crippen LogP contribution is -2.59. The monoisotopic (exact) mass is 528 g/mol. The van der Waals surface area contributed by atoms with Crippen LogP contribution in [0.2, 0.25) is 0 Å². The van der Waals surface area contributed by atoms with Crippen LogP contribution in [0.4, 0.5) is 5.69 Å². The number of carbonyl (C=O) groups excluding carboxylic acids is 3. The van der Waals surface area contributed by atoms with Gasteiger partial charge in [-0.15, -0.1) is 18.3 Å². The Morgan fingerprint density at radius 1 is 1.32 bits per heavy atom. The van der Waals surface area contributed by atoms with E-state index in [0.29, 0.717) is 13.0 Å². The smallest absolute Gasteiger partial charge is 0.310 e. The lowest BCUT2D eigenvalue weighted by molar-refractivity contribution is -0.154. The summed E-state index contributed by atoms with van der Waals surface area (Å²) in [6, 6.07) is 4.62. The quantitative estimate of drug-likeness (QED) is 0.366. The van der Waals surface area contributed by atoms with Gasteiger partial charge in [-0.05, 0) is 50.7 Å². The van der Waals surface area contributed by atoms with Crippen LogP contribution in [0.1, 0.15) is 51.2 Å². The Hall–Kier alpha value is -2.32. The van der Waals surface area contributed by atoms with Gasteiger partial charge in [0.1, 0.15) is 6.04 Å². The zero-order chi connectivity index (χ0) is 27.1. The number of ether oxygens (including phenoxy) is 1. The number of aliphatic hydroxyl groups is 1. The molecule has 4 rings (SSSR count). The van der Waals surface area contributed by atoms with Crippen LogP contribution in [-0.4, -0.2) is 69.6 Å². The van der Waals surface area contributed by atoms with Crippen LogP contribution in [0.3, 0.4) is 0 Å². The van der Waals surface area contributed by atoms with E-state index in [1.807, 2.05) is 45.9 Å². The molecule has 1 aromatic carbocycles. The molecule has 7 nitrogen and oxygen atoms in total. The molecule has 3 aliphatic rings. The summed E-state index contributed by atoms with van der Waals surface area (Å²) in [7, 11) is 0. The van der Waals surface area contributed by atoms with Gasteiger partial charge in [0.05, 0.1) is 35.8 Å². The van der Waals surface area contributed by atoms with Crippen LogP contribution in [0.25, 0.3) is 0 Å². The summed E-state index contributed by atoms with van der Waals surface area (Å²) in [6.07, 6.45) is 3.89. The normalized spacial score (nSPS) is 29.7. The zero-order valence-corrected chi connectivity index (χ0v) is 23.4. The summed E-state index contributed by atoms with van der Waals surface area (Å²) < 4.78 is 4.69. The summed E-state index contributed by atoms with van der Waals surface area (Å²) in [6.45, 7) is 14.0. The number of nitrogens with zero attached hydrogens (tertiary/aromatic N) is 2. The minimum Gasteiger partial charge on any atom is -0.466 e. The first kappa shape index (κ1) is 27.7. The maximum Gasteiger partial charge on any atom is 0.310 e. The first-order valence-corrected chi connectivity index (χ1v) is 14.3. The number of benzene rings is 1. The molecule has 3 saturated heterocycles. The Balaban J connectivity index is 1.87. The molecule has 2 amide bonds. The predicted octanol–water partition coefficient (Wildman–Crippen LogP) is 3.88. The number of hydrogen-bond acceptors (Lipinski definition) is 6. The highest BCUT2D eigenvalue weighted by molar-refractivity contribution is 8.02. The summed E-state index contributed by atoms with van der Waals surface area (Å²) in [5.41, 5.74) is 2.75. The molecule has 37 heavy (non-hydrogen) atoms. The van der Waals surface area contributed by atoms with E-state index >= 15 is 0 Å². The maximum atomic E-state index is 14.7. The molecule has 3 fully saturated rings. The van der Waals surface area contributed by atoms with Crippen molar-refractivity contribution in [3.63, 3.8) is 0 Å². The van der Waals surface area contributed by atoms with Crippen molar-refractivity contribution >= 4 is 35.2 Å². The van der Waals surface area contributed by atoms with E-state index in [0.717, 1.165) is 29.7 Å². The topological polar surface area (TPSA) is 87.2 Å². The van der Waals surface area contributed by atoms with Crippen molar-refractivity contribution in [2.45, 2.75) is 76.0 Å². The summed E-state index contributed by atoms with van der Waals surface area (Å²) in [5, 5.41) is 10.5. The van der Waals surface area contributed by atoms with Crippen molar-refractivity contribution in [1.82, 2.24) is 4.90 Å². The van der Waals surface area contributed by atoms with Crippen LogP contribution in [0.15, 0.2) is 30.9 Å². The number of aryl methyl sites for hydroxylation is 2. The van der Waals surface area contributed by atoms with Gasteiger partial charge >= 0.3 is 5.97 Å². The SMILES string of the molecule is C=CCN(C(=O)C1N([C@@H](CO)[C@@H](C)CC)C(=O)[C@@H]2[C@H](C(=O)OCC)[C@@H]3CCC12S3)c1c(C)cccc1C. The highest BCUT2D eigenvalue weighted by Crippen LogP contribution is 2.67. The standard InChI is InChI=1S/C29H40N2O5S/c1-7-15-30(24-18(5)11-10-12-19(24)6)27(34)25-29-14-13-21(37-29)22(28(35)36-9-3)23(29)26(33)31(25)20(16-32)17(4)8-2/h7,10-12,17,20-23,25,32H,1,8-9,13-16H2,2-6H3/t17-,20-,21-,22+,23-,25?,29?/m0/s1. The number of anilines is 1. The lowest BCUT2D eigenvalue weighted by atomic mass is 9.71. The molecular weight excluding hydrogens is 488 g/mol. The Kier molecular flexibility index (Phi) is 8.10. The van der Waals surface area contributed by atoms with Crippen molar-refractivity contribution in [2.75, 3.05) is 24.7 Å². The molecule has 1 N–H and O–H groups in total. The molecule has 1 spiro atoms. The second-order valence-corrected chi connectivity index (χ2v) is 12.3. The molecule has 0 aromatic heterocycles. The number of rotatable bonds is 10. The number of fused-ring (bicyclic) bond motifs is 1. The molecule has 0 saturated carbocycles. The first-order valence-electron chi connectivity index (χ1n) is 13.4. The van der Waals surface area contributed by atoms with Crippen LogP contribution >= 0.6 is 11.8 Å². The van der Waals surface area contributed by atoms with Gasteiger partial charge in [0, 0.05) is 17.5 Å². The van der Waals surface area contributed by atoms with E-state index in [2.05, 4.69) is 6.58 Å². The molecule has 1 aromatic rings. The number of aliphatic hydroxyl groups excluding tert-OH is 1. The van der Waals surface area contributed by atoms with E-state index in [4.69, 9.17) is 4.74 Å². The van der Waals surface area contributed by atoms with Crippen LogP contribution in [0, 0.1) is 31.6 Å². The van der Waals surface area contributed by atoms with Crippen molar-refractivity contribution in [3.8, 4) is 0 Å². The Bertz CT molecular complexity index is 1060. The van der Waals surface area contributed by atoms with Gasteiger partial charge < -0.3 is 19.6 Å². The largest absolute Gasteiger partial charge is 0.466 e. The number of thioether (sulfide) groups is 1. The van der Waals surface area contributed by atoms with E-state index in [-0.39, 0.29) is 42.2 Å². The average molecular weight is 529 g/mol. The molecule has 0 radical (unpaired) electrons. The Labute approximate surface area is 224 Å². The van der Waals surface area contributed by atoms with E-state index in [1.165, 1.54) is 0 Å². The first-order chi connectivity index (χ1) is 17.7. The molecule has 2 unspecified atom stereocenters. The van der Waals surface area contributed by atoms with Crippen molar-refractivity contribution < 1.29 is 24.2 Å². The zero-order valence-electron chi connectivity index (χ0n) is 22.6. The summed E-state index contributed by atoms with van der Waals surface area (Å²) in [5.74, 6) is -1.95. The maximum absolute atomic E-state index is 14.7. The van der Waals surface area contributed by atoms with Gasteiger partial charge in [-0.1, -0.05) is 44.5 Å². The van der Waals surface area contributed by atoms with Gasteiger partial charge in [-0.2, -0.15) is 0 Å². The van der Waals surface area contributed by atoms with Crippen molar-refractivity contribution in [3.05, 3.63) is 42.0 Å². The number of para-hydroxylation sites is 1. The lowest BCUT2D eigenvalue weighted by Gasteiger charge is -2.41. The van der Waals surface area contributed by atoms with E-state index < -0.39 is 28.7 Å². The van der Waals surface area contributed by atoms with Gasteiger partial charge in [-0.3, -0.25) is 14.4 Å². The molecule has 3 aliphatic heterocycles. The molecule has 0 aliphatic carbocycles. The second-order valence-electron chi connectivity index (χ2n) is 10.7. The van der Waals surface area contributed by atoms with Gasteiger partial charge in [0.15, 0.2) is 0 Å². The van der Waals surface area contributed by atoms with Gasteiger partial charge in [0.25, 0.3) is 5.91 Å². The third kappa shape index (κ3) is 4.30. The molecule has 2 bridgehead atoms. The number of carbonyl (C=O) groups is 3. The van der Waals surface area contributed by atoms with Crippen LogP contribution in [0.5, 0.6) is 0 Å². The van der Waals surface area contributed by atoms with E-state index in [9.17, 15) is 19.5 Å². The highest BCUT2D eigenvalue weighted by atomic mass is 32.2. The Morgan fingerprint density at radius 2 is 2.00 bits per heavy atom. The number of esters is 1. The van der Waals surface area contributed by atoms with E-state index in [1.54, 1.807) is 34.6 Å². The summed E-state index contributed by atoms with van der Waals surface area (Å²) in [4.78, 5) is 45.5. The minimum absolute atomic E-state index is 0.0178. The number of likely N-dealkylation sites (tertiary alicyclic amines) is 1. The van der Waals surface area contributed by atoms with Gasteiger partial charge in [-0.25, -0.2) is 0 Å². The third-order valence-corrected chi connectivity index (χ3v) is 10.6. The molecular formula is C29H40N2O5S. The molecule has 202 valence electrons. The predicted molar refractivity (Wildman–Crippen MR) is 146 cm³/mol.